The monoisotopic (exact) mass is 207 g/mol. The van der Waals surface area contributed by atoms with Crippen LogP contribution in [0.2, 0.25) is 0 Å². The first-order valence-corrected chi connectivity index (χ1v) is 4.46. The molecule has 0 bridgehead atoms. The quantitative estimate of drug-likeness (QED) is 0.713. The van der Waals surface area contributed by atoms with E-state index in [9.17, 15) is 9.59 Å². The summed E-state index contributed by atoms with van der Waals surface area (Å²) in [5.74, 6) is -0.635. The van der Waals surface area contributed by atoms with Crippen LogP contribution in [0.25, 0.3) is 5.65 Å². The number of ether oxygens (including phenoxy) is 1. The Bertz CT molecular complexity index is 555. The predicted molar refractivity (Wildman–Crippen MR) is 51.8 cm³/mol. The smallest absolute Gasteiger partial charge is 0.343 e. The molecule has 0 aliphatic rings. The highest BCUT2D eigenvalue weighted by molar-refractivity contribution is 5.89. The number of aromatic nitrogens is 3. The Hall–Kier alpha value is -2.11. The standard InChI is InChI=1S/C9H9N3O3/c1-2-15-9(14)6-5-11-12-4-3-10-8(12)7(6)13/h3-5,11H,2H2,1H3. The summed E-state index contributed by atoms with van der Waals surface area (Å²) < 4.78 is 6.17. The van der Waals surface area contributed by atoms with Crippen molar-refractivity contribution in [1.82, 2.24) is 14.6 Å². The largest absolute Gasteiger partial charge is 0.462 e. The van der Waals surface area contributed by atoms with Crippen LogP contribution in [-0.4, -0.2) is 27.2 Å². The number of carbonyl (C=O) groups is 1. The summed E-state index contributed by atoms with van der Waals surface area (Å²) in [6.45, 7) is 1.91. The van der Waals surface area contributed by atoms with Crippen LogP contribution in [0.15, 0.2) is 23.4 Å². The van der Waals surface area contributed by atoms with Crippen molar-refractivity contribution in [2.24, 2.45) is 0 Å². The van der Waals surface area contributed by atoms with Gasteiger partial charge in [0.1, 0.15) is 5.56 Å². The summed E-state index contributed by atoms with van der Waals surface area (Å²) in [4.78, 5) is 26.9. The van der Waals surface area contributed by atoms with Gasteiger partial charge in [0.25, 0.3) is 0 Å². The molecule has 78 valence electrons. The van der Waals surface area contributed by atoms with E-state index >= 15 is 0 Å². The number of imidazole rings is 1. The molecule has 2 heterocycles. The molecule has 15 heavy (non-hydrogen) atoms. The first-order valence-electron chi connectivity index (χ1n) is 4.46. The minimum absolute atomic E-state index is 0.0319. The highest BCUT2D eigenvalue weighted by Gasteiger charge is 2.14. The maximum Gasteiger partial charge on any atom is 0.343 e. The van der Waals surface area contributed by atoms with E-state index in [4.69, 9.17) is 4.74 Å². The second-order valence-electron chi connectivity index (χ2n) is 2.86. The number of H-pyrrole nitrogens is 1. The first kappa shape index (κ1) is 9.45. The number of hydrogen-bond donors (Lipinski definition) is 1. The van der Waals surface area contributed by atoms with Gasteiger partial charge in [-0.1, -0.05) is 0 Å². The van der Waals surface area contributed by atoms with Gasteiger partial charge in [-0.2, -0.15) is 0 Å². The average molecular weight is 207 g/mol. The van der Waals surface area contributed by atoms with Gasteiger partial charge in [-0.25, -0.2) is 14.3 Å². The number of rotatable bonds is 2. The van der Waals surface area contributed by atoms with E-state index in [0.717, 1.165) is 0 Å². The Labute approximate surface area is 84.5 Å². The highest BCUT2D eigenvalue weighted by atomic mass is 16.5. The lowest BCUT2D eigenvalue weighted by atomic mass is 10.3. The van der Waals surface area contributed by atoms with Crippen molar-refractivity contribution in [3.8, 4) is 0 Å². The molecule has 0 unspecified atom stereocenters. The zero-order valence-electron chi connectivity index (χ0n) is 8.06. The van der Waals surface area contributed by atoms with Crippen LogP contribution in [0.5, 0.6) is 0 Å². The van der Waals surface area contributed by atoms with Gasteiger partial charge in [-0.05, 0) is 6.92 Å². The molecule has 0 spiro atoms. The van der Waals surface area contributed by atoms with Crippen LogP contribution < -0.4 is 5.43 Å². The van der Waals surface area contributed by atoms with Crippen LogP contribution in [0.1, 0.15) is 17.3 Å². The number of fused-ring (bicyclic) bond motifs is 1. The SMILES string of the molecule is CCOC(=O)c1c[nH]n2ccnc2c1=O. The summed E-state index contributed by atoms with van der Waals surface area (Å²) >= 11 is 0. The van der Waals surface area contributed by atoms with Crippen molar-refractivity contribution in [1.29, 1.82) is 0 Å². The number of nitrogens with zero attached hydrogens (tertiary/aromatic N) is 2. The fraction of sp³-hybridized carbons (Fsp3) is 0.222. The zero-order valence-corrected chi connectivity index (χ0v) is 8.06. The molecule has 0 saturated heterocycles. The number of esters is 1. The summed E-state index contributed by atoms with van der Waals surface area (Å²) in [6.07, 6.45) is 4.38. The van der Waals surface area contributed by atoms with Crippen molar-refractivity contribution < 1.29 is 9.53 Å². The molecule has 0 atom stereocenters. The van der Waals surface area contributed by atoms with E-state index in [2.05, 4.69) is 10.1 Å². The van der Waals surface area contributed by atoms with Crippen molar-refractivity contribution in [2.45, 2.75) is 6.92 Å². The van der Waals surface area contributed by atoms with Crippen LogP contribution in [-0.2, 0) is 4.74 Å². The van der Waals surface area contributed by atoms with Crippen molar-refractivity contribution >= 4 is 11.6 Å². The lowest BCUT2D eigenvalue weighted by Gasteiger charge is -2.00. The Morgan fingerprint density at radius 1 is 1.67 bits per heavy atom. The number of carbonyl (C=O) groups excluding carboxylic acids is 1. The molecule has 0 aliphatic carbocycles. The molecular formula is C9H9N3O3. The molecule has 0 aromatic carbocycles. The van der Waals surface area contributed by atoms with Crippen molar-refractivity contribution in [3.05, 3.63) is 34.4 Å². The molecule has 2 rings (SSSR count). The fourth-order valence-corrected chi connectivity index (χ4v) is 1.26. The number of aromatic amines is 1. The van der Waals surface area contributed by atoms with Gasteiger partial charge in [-0.15, -0.1) is 0 Å². The van der Waals surface area contributed by atoms with Crippen LogP contribution in [0, 0.1) is 0 Å². The second kappa shape index (κ2) is 3.56. The third-order valence-electron chi connectivity index (χ3n) is 1.93. The molecule has 6 heteroatoms. The van der Waals surface area contributed by atoms with Gasteiger partial charge in [0.05, 0.1) is 6.61 Å². The van der Waals surface area contributed by atoms with E-state index in [0.29, 0.717) is 0 Å². The molecule has 0 saturated carbocycles. The lowest BCUT2D eigenvalue weighted by Crippen LogP contribution is -2.20. The van der Waals surface area contributed by atoms with Gasteiger partial charge in [0.2, 0.25) is 11.1 Å². The second-order valence-corrected chi connectivity index (χ2v) is 2.86. The zero-order chi connectivity index (χ0) is 10.8. The third kappa shape index (κ3) is 1.50. The van der Waals surface area contributed by atoms with Crippen LogP contribution >= 0.6 is 0 Å². The van der Waals surface area contributed by atoms with E-state index < -0.39 is 11.4 Å². The first-order chi connectivity index (χ1) is 7.24. The van der Waals surface area contributed by atoms with E-state index in [-0.39, 0.29) is 17.8 Å². The van der Waals surface area contributed by atoms with Gasteiger partial charge < -0.3 is 4.74 Å². The summed E-state index contributed by atoms with van der Waals surface area (Å²) in [5, 5.41) is 2.73. The van der Waals surface area contributed by atoms with E-state index in [1.54, 1.807) is 13.1 Å². The Kier molecular flexibility index (Phi) is 2.24. The Balaban J connectivity index is 2.57. The molecular weight excluding hydrogens is 198 g/mol. The number of nitrogens with one attached hydrogen (secondary N) is 1. The average Bonchev–Trinajstić information content (AvgIpc) is 2.67. The highest BCUT2D eigenvalue weighted by Crippen LogP contribution is 1.97. The topological polar surface area (TPSA) is 76.5 Å². The summed E-state index contributed by atoms with van der Waals surface area (Å²) in [6, 6.07) is 0. The molecule has 0 aliphatic heterocycles. The molecule has 6 nitrogen and oxygen atoms in total. The maximum atomic E-state index is 11.7. The lowest BCUT2D eigenvalue weighted by molar-refractivity contribution is 0.0524. The van der Waals surface area contributed by atoms with Gasteiger partial charge in [-0.3, -0.25) is 9.89 Å². The normalized spacial score (nSPS) is 10.5. The minimum Gasteiger partial charge on any atom is -0.462 e. The molecule has 1 N–H and O–H groups in total. The molecule has 0 radical (unpaired) electrons. The van der Waals surface area contributed by atoms with Crippen molar-refractivity contribution in [2.75, 3.05) is 6.61 Å². The molecule has 0 fully saturated rings. The van der Waals surface area contributed by atoms with Crippen LogP contribution in [0.4, 0.5) is 0 Å². The molecule has 2 aromatic heterocycles. The van der Waals surface area contributed by atoms with Gasteiger partial charge in [0, 0.05) is 18.6 Å². The predicted octanol–water partition coefficient (Wildman–Crippen LogP) is 0.199. The Morgan fingerprint density at radius 2 is 2.47 bits per heavy atom. The molecule has 0 amide bonds. The summed E-state index contributed by atoms with van der Waals surface area (Å²) in [7, 11) is 0. The van der Waals surface area contributed by atoms with Gasteiger partial charge >= 0.3 is 5.97 Å². The van der Waals surface area contributed by atoms with Crippen LogP contribution in [0.3, 0.4) is 0 Å². The van der Waals surface area contributed by atoms with Crippen molar-refractivity contribution in [3.63, 3.8) is 0 Å². The fourth-order valence-electron chi connectivity index (χ4n) is 1.26. The van der Waals surface area contributed by atoms with Gasteiger partial charge in [0.15, 0.2) is 0 Å². The van der Waals surface area contributed by atoms with E-state index in [1.807, 2.05) is 0 Å². The Morgan fingerprint density at radius 3 is 3.20 bits per heavy atom. The summed E-state index contributed by atoms with van der Waals surface area (Å²) in [5.41, 5.74) is -0.284. The molecule has 2 aromatic rings. The minimum atomic E-state index is -0.635. The van der Waals surface area contributed by atoms with E-state index in [1.165, 1.54) is 16.9 Å². The third-order valence-corrected chi connectivity index (χ3v) is 1.93. The maximum absolute atomic E-state index is 11.7. The number of hydrogen-bond acceptors (Lipinski definition) is 4.